The van der Waals surface area contributed by atoms with Gasteiger partial charge in [0.1, 0.15) is 5.75 Å². The molecule has 1 aliphatic carbocycles. The Bertz CT molecular complexity index is 450. The third-order valence-corrected chi connectivity index (χ3v) is 4.23. The molecule has 1 atom stereocenters. The molecule has 0 aromatic heterocycles. The minimum Gasteiger partial charge on any atom is -0.481 e. The number of hydrogen-bond donors (Lipinski definition) is 1. The summed E-state index contributed by atoms with van der Waals surface area (Å²) in [5.74, 6) is 0.830. The lowest BCUT2D eigenvalue weighted by molar-refractivity contribution is -0.128. The van der Waals surface area contributed by atoms with E-state index in [1.165, 1.54) is 25.7 Å². The summed E-state index contributed by atoms with van der Waals surface area (Å²) in [4.78, 5) is 12.3. The molecule has 1 saturated carbocycles. The number of carbonyl (C=O) groups excluding carboxylic acids is 1. The molecule has 0 heterocycles. The molecular weight excluding hydrogens is 262 g/mol. The standard InChI is InChI=1S/C18H27NO2/c1-3-15-10-8-9-13-17(15)21-14(2)18(20)19-16-11-6-4-5-7-12-16/h8-10,13-14,16H,3-7,11-12H2,1-2H3,(H,19,20)/t14-/m0/s1. The van der Waals surface area contributed by atoms with E-state index in [2.05, 4.69) is 12.2 Å². The van der Waals surface area contributed by atoms with E-state index in [9.17, 15) is 4.79 Å². The van der Waals surface area contributed by atoms with E-state index in [4.69, 9.17) is 4.74 Å². The highest BCUT2D eigenvalue weighted by molar-refractivity contribution is 5.81. The van der Waals surface area contributed by atoms with Crippen molar-refractivity contribution >= 4 is 5.91 Å². The molecule has 1 fully saturated rings. The van der Waals surface area contributed by atoms with Crippen molar-refractivity contribution in [3.63, 3.8) is 0 Å². The van der Waals surface area contributed by atoms with Crippen LogP contribution in [0.3, 0.4) is 0 Å². The highest BCUT2D eigenvalue weighted by atomic mass is 16.5. The van der Waals surface area contributed by atoms with Gasteiger partial charge in [0.15, 0.2) is 6.10 Å². The monoisotopic (exact) mass is 289 g/mol. The summed E-state index contributed by atoms with van der Waals surface area (Å²) in [5, 5.41) is 3.15. The summed E-state index contributed by atoms with van der Waals surface area (Å²) < 4.78 is 5.86. The predicted molar refractivity (Wildman–Crippen MR) is 85.5 cm³/mol. The van der Waals surface area contributed by atoms with E-state index in [0.29, 0.717) is 6.04 Å². The van der Waals surface area contributed by atoms with Crippen molar-refractivity contribution in [3.05, 3.63) is 29.8 Å². The van der Waals surface area contributed by atoms with E-state index in [-0.39, 0.29) is 5.91 Å². The topological polar surface area (TPSA) is 38.3 Å². The summed E-state index contributed by atoms with van der Waals surface area (Å²) >= 11 is 0. The Labute approximate surface area is 128 Å². The van der Waals surface area contributed by atoms with Gasteiger partial charge < -0.3 is 10.1 Å². The summed E-state index contributed by atoms with van der Waals surface area (Å²) in [7, 11) is 0. The molecule has 1 amide bonds. The zero-order valence-electron chi connectivity index (χ0n) is 13.2. The number of carbonyl (C=O) groups is 1. The second-order valence-electron chi connectivity index (χ2n) is 5.92. The first-order valence-electron chi connectivity index (χ1n) is 8.25. The van der Waals surface area contributed by atoms with Crippen LogP contribution in [0.25, 0.3) is 0 Å². The lowest BCUT2D eigenvalue weighted by Crippen LogP contribution is -2.42. The molecule has 0 spiro atoms. The zero-order valence-corrected chi connectivity index (χ0v) is 13.2. The molecule has 116 valence electrons. The molecule has 1 aromatic carbocycles. The van der Waals surface area contributed by atoms with E-state index in [0.717, 1.165) is 30.6 Å². The van der Waals surface area contributed by atoms with Gasteiger partial charge in [0.25, 0.3) is 5.91 Å². The molecule has 1 aliphatic rings. The Morgan fingerprint density at radius 2 is 1.90 bits per heavy atom. The average molecular weight is 289 g/mol. The van der Waals surface area contributed by atoms with Crippen LogP contribution in [0.1, 0.15) is 57.9 Å². The average Bonchev–Trinajstić information content (AvgIpc) is 2.76. The van der Waals surface area contributed by atoms with Gasteiger partial charge >= 0.3 is 0 Å². The van der Waals surface area contributed by atoms with Crippen molar-refractivity contribution in [3.8, 4) is 5.75 Å². The van der Waals surface area contributed by atoms with Gasteiger partial charge in [-0.3, -0.25) is 4.79 Å². The maximum Gasteiger partial charge on any atom is 0.260 e. The maximum absolute atomic E-state index is 12.3. The van der Waals surface area contributed by atoms with Crippen molar-refractivity contribution in [1.82, 2.24) is 5.32 Å². The van der Waals surface area contributed by atoms with Crippen LogP contribution in [0.2, 0.25) is 0 Å². The Balaban J connectivity index is 1.89. The lowest BCUT2D eigenvalue weighted by atomic mass is 10.1. The highest BCUT2D eigenvalue weighted by Gasteiger charge is 2.20. The Kier molecular flexibility index (Phi) is 6.09. The third kappa shape index (κ3) is 4.76. The van der Waals surface area contributed by atoms with Gasteiger partial charge in [0, 0.05) is 6.04 Å². The quantitative estimate of drug-likeness (QED) is 0.836. The molecule has 0 saturated heterocycles. The Morgan fingerprint density at radius 1 is 1.24 bits per heavy atom. The van der Waals surface area contributed by atoms with Crippen LogP contribution in [0, 0.1) is 0 Å². The molecule has 0 bridgehead atoms. The van der Waals surface area contributed by atoms with Crippen LogP contribution in [0.5, 0.6) is 5.75 Å². The van der Waals surface area contributed by atoms with Gasteiger partial charge in [0.2, 0.25) is 0 Å². The molecule has 0 unspecified atom stereocenters. The first-order valence-corrected chi connectivity index (χ1v) is 8.25. The van der Waals surface area contributed by atoms with E-state index in [1.807, 2.05) is 31.2 Å². The first-order chi connectivity index (χ1) is 10.2. The number of benzene rings is 1. The molecular formula is C18H27NO2. The number of ether oxygens (including phenoxy) is 1. The molecule has 3 heteroatoms. The van der Waals surface area contributed by atoms with Gasteiger partial charge in [-0.25, -0.2) is 0 Å². The maximum atomic E-state index is 12.3. The second kappa shape index (κ2) is 8.06. The van der Waals surface area contributed by atoms with Gasteiger partial charge in [0.05, 0.1) is 0 Å². The van der Waals surface area contributed by atoms with Gasteiger partial charge in [-0.2, -0.15) is 0 Å². The SMILES string of the molecule is CCc1ccccc1O[C@@H](C)C(=O)NC1CCCCCC1. The van der Waals surface area contributed by atoms with Crippen LogP contribution in [-0.2, 0) is 11.2 Å². The smallest absolute Gasteiger partial charge is 0.260 e. The fraction of sp³-hybridized carbons (Fsp3) is 0.611. The van der Waals surface area contributed by atoms with Gasteiger partial charge in [-0.15, -0.1) is 0 Å². The minimum absolute atomic E-state index is 0.00723. The lowest BCUT2D eigenvalue weighted by Gasteiger charge is -2.21. The Hall–Kier alpha value is -1.51. The van der Waals surface area contributed by atoms with Crippen LogP contribution in [0.4, 0.5) is 0 Å². The minimum atomic E-state index is -0.444. The second-order valence-corrected chi connectivity index (χ2v) is 5.92. The fourth-order valence-electron chi connectivity index (χ4n) is 2.90. The number of amides is 1. The molecule has 0 radical (unpaired) electrons. The van der Waals surface area contributed by atoms with Crippen molar-refractivity contribution in [2.75, 3.05) is 0 Å². The van der Waals surface area contributed by atoms with Crippen LogP contribution >= 0.6 is 0 Å². The van der Waals surface area contributed by atoms with Crippen molar-refractivity contribution in [2.24, 2.45) is 0 Å². The summed E-state index contributed by atoms with van der Waals surface area (Å²) in [6, 6.07) is 8.26. The van der Waals surface area contributed by atoms with Gasteiger partial charge in [-0.05, 0) is 37.8 Å². The molecule has 0 aliphatic heterocycles. The number of hydrogen-bond acceptors (Lipinski definition) is 2. The first kappa shape index (κ1) is 15.9. The molecule has 3 nitrogen and oxygen atoms in total. The molecule has 2 rings (SSSR count). The van der Waals surface area contributed by atoms with Crippen LogP contribution in [-0.4, -0.2) is 18.1 Å². The van der Waals surface area contributed by atoms with Crippen LogP contribution < -0.4 is 10.1 Å². The normalized spacial score (nSPS) is 17.8. The number of nitrogens with one attached hydrogen (secondary N) is 1. The fourth-order valence-corrected chi connectivity index (χ4v) is 2.90. The van der Waals surface area contributed by atoms with Crippen molar-refractivity contribution in [2.45, 2.75) is 70.9 Å². The van der Waals surface area contributed by atoms with Gasteiger partial charge in [-0.1, -0.05) is 50.8 Å². The summed E-state index contributed by atoms with van der Waals surface area (Å²) in [5.41, 5.74) is 1.15. The highest BCUT2D eigenvalue weighted by Crippen LogP contribution is 2.20. The summed E-state index contributed by atoms with van der Waals surface area (Å²) in [6.45, 7) is 3.93. The molecule has 1 N–H and O–H groups in total. The van der Waals surface area contributed by atoms with Crippen molar-refractivity contribution in [1.29, 1.82) is 0 Å². The van der Waals surface area contributed by atoms with E-state index < -0.39 is 6.10 Å². The number of para-hydroxylation sites is 1. The van der Waals surface area contributed by atoms with E-state index >= 15 is 0 Å². The van der Waals surface area contributed by atoms with Crippen molar-refractivity contribution < 1.29 is 9.53 Å². The number of aryl methyl sites for hydroxylation is 1. The largest absolute Gasteiger partial charge is 0.481 e. The third-order valence-electron chi connectivity index (χ3n) is 4.23. The molecule has 21 heavy (non-hydrogen) atoms. The zero-order chi connectivity index (χ0) is 15.1. The van der Waals surface area contributed by atoms with Crippen LogP contribution in [0.15, 0.2) is 24.3 Å². The van der Waals surface area contributed by atoms with E-state index in [1.54, 1.807) is 0 Å². The number of rotatable bonds is 5. The molecule has 1 aromatic rings. The predicted octanol–water partition coefficient (Wildman–Crippen LogP) is 3.86. The summed E-state index contributed by atoms with van der Waals surface area (Å²) in [6.07, 6.45) is 7.70. The Morgan fingerprint density at radius 3 is 2.57 bits per heavy atom.